The van der Waals surface area contributed by atoms with Crippen LogP contribution in [0.15, 0.2) is 42.9 Å². The number of carbonyl (C=O) groups excluding carboxylic acids is 1. The quantitative estimate of drug-likeness (QED) is 0.546. The van der Waals surface area contributed by atoms with Gasteiger partial charge in [0.15, 0.2) is 0 Å². The molecule has 2 fully saturated rings. The first-order valence-corrected chi connectivity index (χ1v) is 11.3. The van der Waals surface area contributed by atoms with Crippen LogP contribution in [-0.4, -0.2) is 48.7 Å². The molecule has 4 aromatic heterocycles. The van der Waals surface area contributed by atoms with Crippen LogP contribution in [0.3, 0.4) is 0 Å². The lowest BCUT2D eigenvalue weighted by molar-refractivity contribution is -0.135. The third-order valence-electron chi connectivity index (χ3n) is 7.04. The van der Waals surface area contributed by atoms with Crippen molar-refractivity contribution < 1.29 is 4.79 Å². The molecule has 7 heteroatoms. The molecule has 0 bridgehead atoms. The van der Waals surface area contributed by atoms with Crippen molar-refractivity contribution >= 4 is 22.5 Å². The minimum Gasteiger partial charge on any atom is -0.343 e. The second kappa shape index (κ2) is 7.48. The topological polar surface area (TPSA) is 79.2 Å². The van der Waals surface area contributed by atoms with E-state index in [1.807, 2.05) is 30.6 Å². The first-order valence-electron chi connectivity index (χ1n) is 11.3. The number of aromatic nitrogens is 5. The molecule has 0 aromatic carbocycles. The molecule has 1 saturated heterocycles. The predicted octanol–water partition coefficient (Wildman–Crippen LogP) is 4.17. The van der Waals surface area contributed by atoms with E-state index >= 15 is 0 Å². The van der Waals surface area contributed by atoms with E-state index in [0.29, 0.717) is 11.8 Å². The summed E-state index contributed by atoms with van der Waals surface area (Å²) in [4.78, 5) is 23.2. The first kappa shape index (κ1) is 18.5. The third kappa shape index (κ3) is 3.19. The van der Waals surface area contributed by atoms with E-state index in [-0.39, 0.29) is 5.92 Å². The zero-order valence-corrected chi connectivity index (χ0v) is 17.5. The number of nitrogens with one attached hydrogen (secondary N) is 1. The van der Waals surface area contributed by atoms with Crippen LogP contribution in [0.2, 0.25) is 0 Å². The fraction of sp³-hybridized carbons (Fsp3) is 0.417. The summed E-state index contributed by atoms with van der Waals surface area (Å²) in [6.45, 7) is 1.66. The minimum atomic E-state index is 0.243. The van der Waals surface area contributed by atoms with Gasteiger partial charge in [-0.2, -0.15) is 14.8 Å². The Labute approximate surface area is 180 Å². The van der Waals surface area contributed by atoms with Crippen molar-refractivity contribution in [3.8, 4) is 11.1 Å². The molecule has 0 radical (unpaired) electrons. The summed E-state index contributed by atoms with van der Waals surface area (Å²) in [5, 5.41) is 9.77. The van der Waals surface area contributed by atoms with Crippen molar-refractivity contribution in [3.05, 3.63) is 48.5 Å². The Morgan fingerprint density at radius 1 is 1.03 bits per heavy atom. The van der Waals surface area contributed by atoms with Crippen LogP contribution in [0.25, 0.3) is 27.7 Å². The van der Waals surface area contributed by atoms with Gasteiger partial charge in [0, 0.05) is 54.0 Å². The standard InChI is InChI=1S/C24H26N6O/c31-24(16-5-2-1-3-6-16)29-12-9-17(15-29)21-13-19-18(8-11-25-23(19)28-21)20-14-27-30-22(20)7-4-10-26-30/h4,7-8,10-11,13-14,16-17H,1-3,5-6,9,12,15H2,(H,25,28). The summed E-state index contributed by atoms with van der Waals surface area (Å²) in [5.41, 5.74) is 5.18. The molecule has 31 heavy (non-hydrogen) atoms. The second-order valence-corrected chi connectivity index (χ2v) is 8.91. The maximum Gasteiger partial charge on any atom is 0.225 e. The zero-order valence-electron chi connectivity index (χ0n) is 17.5. The Morgan fingerprint density at radius 2 is 1.94 bits per heavy atom. The van der Waals surface area contributed by atoms with E-state index in [9.17, 15) is 4.79 Å². The summed E-state index contributed by atoms with van der Waals surface area (Å²) in [7, 11) is 0. The monoisotopic (exact) mass is 414 g/mol. The fourth-order valence-corrected chi connectivity index (χ4v) is 5.36. The number of carbonyl (C=O) groups is 1. The Kier molecular flexibility index (Phi) is 4.47. The number of fused-ring (bicyclic) bond motifs is 2. The third-order valence-corrected chi connectivity index (χ3v) is 7.04. The molecule has 5 heterocycles. The van der Waals surface area contributed by atoms with Crippen LogP contribution in [-0.2, 0) is 4.79 Å². The Morgan fingerprint density at radius 3 is 2.84 bits per heavy atom. The highest BCUT2D eigenvalue weighted by molar-refractivity contribution is 5.97. The fourth-order valence-electron chi connectivity index (χ4n) is 5.36. The number of pyridine rings is 1. The molecule has 6 rings (SSSR count). The van der Waals surface area contributed by atoms with Gasteiger partial charge in [0.25, 0.3) is 0 Å². The number of hydrogen-bond donors (Lipinski definition) is 1. The van der Waals surface area contributed by atoms with Crippen LogP contribution >= 0.6 is 0 Å². The molecule has 1 atom stereocenters. The summed E-state index contributed by atoms with van der Waals surface area (Å²) in [6, 6.07) is 8.22. The maximum atomic E-state index is 13.0. The molecular weight excluding hydrogens is 388 g/mol. The van der Waals surface area contributed by atoms with Crippen molar-refractivity contribution in [2.45, 2.75) is 44.4 Å². The predicted molar refractivity (Wildman–Crippen MR) is 119 cm³/mol. The largest absolute Gasteiger partial charge is 0.343 e. The van der Waals surface area contributed by atoms with Crippen LogP contribution in [0.5, 0.6) is 0 Å². The van der Waals surface area contributed by atoms with Gasteiger partial charge in [0.05, 0.1) is 11.7 Å². The van der Waals surface area contributed by atoms with E-state index in [2.05, 4.69) is 31.1 Å². The Balaban J connectivity index is 1.29. The average molecular weight is 415 g/mol. The molecule has 1 saturated carbocycles. The Bertz CT molecular complexity index is 1250. The lowest BCUT2D eigenvalue weighted by Crippen LogP contribution is -2.35. The van der Waals surface area contributed by atoms with E-state index in [0.717, 1.165) is 60.0 Å². The molecule has 158 valence electrons. The van der Waals surface area contributed by atoms with E-state index in [1.54, 1.807) is 10.8 Å². The van der Waals surface area contributed by atoms with E-state index in [4.69, 9.17) is 0 Å². The average Bonchev–Trinajstić information content (AvgIpc) is 3.56. The van der Waals surface area contributed by atoms with Crippen LogP contribution in [0.4, 0.5) is 0 Å². The molecule has 7 nitrogen and oxygen atoms in total. The maximum absolute atomic E-state index is 13.0. The molecule has 1 N–H and O–H groups in total. The number of likely N-dealkylation sites (tertiary alicyclic amines) is 1. The molecule has 2 aliphatic rings. The van der Waals surface area contributed by atoms with Crippen LogP contribution in [0.1, 0.15) is 50.1 Å². The molecule has 1 unspecified atom stereocenters. The van der Waals surface area contributed by atoms with Crippen LogP contribution in [0, 0.1) is 5.92 Å². The second-order valence-electron chi connectivity index (χ2n) is 8.91. The van der Waals surface area contributed by atoms with E-state index in [1.165, 1.54) is 25.0 Å². The number of H-pyrrole nitrogens is 1. The zero-order chi connectivity index (χ0) is 20.8. The summed E-state index contributed by atoms with van der Waals surface area (Å²) in [5.74, 6) is 0.948. The van der Waals surface area contributed by atoms with Gasteiger partial charge in [0.2, 0.25) is 5.91 Å². The van der Waals surface area contributed by atoms with Crippen molar-refractivity contribution in [1.82, 2.24) is 29.7 Å². The molecule has 1 amide bonds. The van der Waals surface area contributed by atoms with Gasteiger partial charge in [-0.05, 0) is 49.1 Å². The molecule has 1 aliphatic heterocycles. The summed E-state index contributed by atoms with van der Waals surface area (Å²) < 4.78 is 1.65. The highest BCUT2D eigenvalue weighted by Gasteiger charge is 2.33. The van der Waals surface area contributed by atoms with Crippen molar-refractivity contribution in [2.75, 3.05) is 13.1 Å². The molecule has 1 aliphatic carbocycles. The number of rotatable bonds is 3. The number of hydrogen-bond acceptors (Lipinski definition) is 4. The molecule has 4 aromatic rings. The number of aromatic amines is 1. The van der Waals surface area contributed by atoms with Gasteiger partial charge < -0.3 is 9.88 Å². The lowest BCUT2D eigenvalue weighted by atomic mass is 9.88. The highest BCUT2D eigenvalue weighted by atomic mass is 16.2. The van der Waals surface area contributed by atoms with Crippen LogP contribution < -0.4 is 0 Å². The van der Waals surface area contributed by atoms with E-state index < -0.39 is 0 Å². The molecule has 0 spiro atoms. The van der Waals surface area contributed by atoms with Gasteiger partial charge in [-0.15, -0.1) is 0 Å². The first-order chi connectivity index (χ1) is 15.3. The van der Waals surface area contributed by atoms with Gasteiger partial charge >= 0.3 is 0 Å². The Hall–Kier alpha value is -3.22. The number of amides is 1. The van der Waals surface area contributed by atoms with Crippen molar-refractivity contribution in [2.24, 2.45) is 5.92 Å². The van der Waals surface area contributed by atoms with Crippen molar-refractivity contribution in [3.63, 3.8) is 0 Å². The van der Waals surface area contributed by atoms with Crippen molar-refractivity contribution in [1.29, 1.82) is 0 Å². The summed E-state index contributed by atoms with van der Waals surface area (Å²) >= 11 is 0. The van der Waals surface area contributed by atoms with Gasteiger partial charge in [0.1, 0.15) is 5.65 Å². The van der Waals surface area contributed by atoms with Gasteiger partial charge in [-0.25, -0.2) is 4.98 Å². The highest BCUT2D eigenvalue weighted by Crippen LogP contribution is 2.35. The minimum absolute atomic E-state index is 0.243. The summed E-state index contributed by atoms with van der Waals surface area (Å²) in [6.07, 6.45) is 12.2. The SMILES string of the molecule is O=C(C1CCCCC1)N1CCC(c2cc3c(-c4cnn5ncccc45)ccnc3[nH]2)C1. The van der Waals surface area contributed by atoms with Gasteiger partial charge in [-0.1, -0.05) is 19.3 Å². The number of nitrogens with zero attached hydrogens (tertiary/aromatic N) is 5. The smallest absolute Gasteiger partial charge is 0.225 e. The van der Waals surface area contributed by atoms with Gasteiger partial charge in [-0.3, -0.25) is 4.79 Å². The lowest BCUT2D eigenvalue weighted by Gasteiger charge is -2.26. The normalized spacial score (nSPS) is 20.1. The molecular formula is C24H26N6O.